The Morgan fingerprint density at radius 2 is 1.42 bits per heavy atom. The third kappa shape index (κ3) is 2.25. The molecular weight excluding hydrogens is 160 g/mol. The number of carbonyl (C=O) groups is 1. The van der Waals surface area contributed by atoms with Crippen molar-refractivity contribution >= 4 is 5.78 Å². The normalized spacial score (nSPS) is 21.2. The van der Waals surface area contributed by atoms with Gasteiger partial charge < -0.3 is 10.2 Å². The van der Waals surface area contributed by atoms with Gasteiger partial charge in [0.15, 0.2) is 11.4 Å². The zero-order valence-electron chi connectivity index (χ0n) is 7.37. The fraction of sp³-hybridized carbons (Fsp3) is 0.857. The Hall–Kier alpha value is -0.490. The lowest BCUT2D eigenvalue weighted by Gasteiger charge is -2.28. The maximum absolute atomic E-state index is 11.2. The van der Waals surface area contributed by atoms with Crippen molar-refractivity contribution in [2.45, 2.75) is 38.1 Å². The molecule has 5 heteroatoms. The SMILES string of the molecule is CCC(N)(O)C(=O)C(N)(O)CC. The molecule has 0 aromatic carbocycles. The highest BCUT2D eigenvalue weighted by molar-refractivity contribution is 5.93. The molecule has 0 bridgehead atoms. The molecule has 0 aliphatic rings. The second-order valence-electron chi connectivity index (χ2n) is 2.88. The average Bonchev–Trinajstić information content (AvgIpc) is 2.03. The summed E-state index contributed by atoms with van der Waals surface area (Å²) >= 11 is 0. The highest BCUT2D eigenvalue weighted by Crippen LogP contribution is 2.13. The average molecular weight is 176 g/mol. The molecule has 5 nitrogen and oxygen atoms in total. The number of aliphatic hydroxyl groups is 2. The van der Waals surface area contributed by atoms with E-state index in [1.54, 1.807) is 0 Å². The fourth-order valence-electron chi connectivity index (χ4n) is 0.696. The minimum atomic E-state index is -2.03. The molecule has 12 heavy (non-hydrogen) atoms. The lowest BCUT2D eigenvalue weighted by Crippen LogP contribution is -2.61. The first kappa shape index (κ1) is 11.5. The van der Waals surface area contributed by atoms with Crippen LogP contribution in [0.15, 0.2) is 0 Å². The van der Waals surface area contributed by atoms with Crippen molar-refractivity contribution in [3.8, 4) is 0 Å². The van der Waals surface area contributed by atoms with Gasteiger partial charge in [0.2, 0.25) is 5.78 Å². The van der Waals surface area contributed by atoms with Crippen LogP contribution in [0.5, 0.6) is 0 Å². The lowest BCUT2D eigenvalue weighted by atomic mass is 9.95. The Morgan fingerprint density at radius 1 is 1.17 bits per heavy atom. The molecule has 0 saturated carbocycles. The summed E-state index contributed by atoms with van der Waals surface area (Å²) in [7, 11) is 0. The van der Waals surface area contributed by atoms with Crippen LogP contribution in [-0.2, 0) is 4.79 Å². The summed E-state index contributed by atoms with van der Waals surface area (Å²) in [6.07, 6.45) is 0.0384. The number of ketones is 1. The van der Waals surface area contributed by atoms with E-state index in [1.807, 2.05) is 0 Å². The van der Waals surface area contributed by atoms with Crippen LogP contribution in [0.1, 0.15) is 26.7 Å². The fourth-order valence-corrected chi connectivity index (χ4v) is 0.696. The number of rotatable bonds is 4. The van der Waals surface area contributed by atoms with Gasteiger partial charge in [0.25, 0.3) is 0 Å². The van der Waals surface area contributed by atoms with Gasteiger partial charge in [-0.25, -0.2) is 0 Å². The van der Waals surface area contributed by atoms with Crippen molar-refractivity contribution in [3.05, 3.63) is 0 Å². The summed E-state index contributed by atoms with van der Waals surface area (Å²) in [4.78, 5) is 11.2. The van der Waals surface area contributed by atoms with Gasteiger partial charge in [-0.2, -0.15) is 0 Å². The summed E-state index contributed by atoms with van der Waals surface area (Å²) < 4.78 is 0. The van der Waals surface area contributed by atoms with Crippen LogP contribution < -0.4 is 11.5 Å². The van der Waals surface area contributed by atoms with Gasteiger partial charge in [0.05, 0.1) is 0 Å². The van der Waals surface area contributed by atoms with Crippen LogP contribution in [0.3, 0.4) is 0 Å². The Morgan fingerprint density at radius 3 is 1.58 bits per heavy atom. The Labute approximate surface area is 71.4 Å². The number of nitrogens with two attached hydrogens (primary N) is 2. The molecule has 0 amide bonds. The van der Waals surface area contributed by atoms with E-state index in [4.69, 9.17) is 11.5 Å². The predicted molar refractivity (Wildman–Crippen MR) is 43.9 cm³/mol. The molecule has 0 aliphatic carbocycles. The maximum atomic E-state index is 11.2. The molecule has 0 saturated heterocycles. The van der Waals surface area contributed by atoms with Gasteiger partial charge in [-0.05, 0) is 12.8 Å². The van der Waals surface area contributed by atoms with Gasteiger partial charge in [0.1, 0.15) is 0 Å². The van der Waals surface area contributed by atoms with Gasteiger partial charge in [0, 0.05) is 0 Å². The quantitative estimate of drug-likeness (QED) is 0.397. The van der Waals surface area contributed by atoms with E-state index in [0.717, 1.165) is 0 Å². The van der Waals surface area contributed by atoms with Crippen LogP contribution in [0.25, 0.3) is 0 Å². The molecule has 0 radical (unpaired) electrons. The van der Waals surface area contributed by atoms with Crippen molar-refractivity contribution < 1.29 is 15.0 Å². The van der Waals surface area contributed by atoms with Crippen molar-refractivity contribution in [2.75, 3.05) is 0 Å². The van der Waals surface area contributed by atoms with Gasteiger partial charge >= 0.3 is 0 Å². The number of carbonyl (C=O) groups excluding carboxylic acids is 1. The molecule has 0 rings (SSSR count). The second-order valence-corrected chi connectivity index (χ2v) is 2.88. The molecule has 0 fully saturated rings. The molecule has 6 N–H and O–H groups in total. The van der Waals surface area contributed by atoms with Crippen LogP contribution in [0.2, 0.25) is 0 Å². The van der Waals surface area contributed by atoms with Crippen molar-refractivity contribution in [2.24, 2.45) is 11.5 Å². The van der Waals surface area contributed by atoms with Crippen LogP contribution in [-0.4, -0.2) is 27.4 Å². The second kappa shape index (κ2) is 3.49. The van der Waals surface area contributed by atoms with E-state index >= 15 is 0 Å². The molecular formula is C7H16N2O3. The number of hydrogen-bond acceptors (Lipinski definition) is 5. The third-order valence-electron chi connectivity index (χ3n) is 1.86. The molecule has 0 heterocycles. The lowest BCUT2D eigenvalue weighted by molar-refractivity contribution is -0.157. The Bertz CT molecular complexity index is 159. The molecule has 72 valence electrons. The van der Waals surface area contributed by atoms with Gasteiger partial charge in [-0.1, -0.05) is 13.8 Å². The van der Waals surface area contributed by atoms with Crippen molar-refractivity contribution in [3.63, 3.8) is 0 Å². The third-order valence-corrected chi connectivity index (χ3v) is 1.86. The highest BCUT2D eigenvalue weighted by Gasteiger charge is 2.41. The van der Waals surface area contributed by atoms with Crippen molar-refractivity contribution in [1.82, 2.24) is 0 Å². The summed E-state index contributed by atoms with van der Waals surface area (Å²) in [5, 5.41) is 18.5. The van der Waals surface area contributed by atoms with Gasteiger partial charge in [-0.3, -0.25) is 16.3 Å². The number of hydrogen-bond donors (Lipinski definition) is 4. The minimum absolute atomic E-state index is 0.0192. The Kier molecular flexibility index (Phi) is 3.34. The van der Waals surface area contributed by atoms with Crippen LogP contribution in [0, 0.1) is 0 Å². The smallest absolute Gasteiger partial charge is 0.225 e. The molecule has 2 unspecified atom stereocenters. The zero-order chi connectivity index (χ0) is 9.99. The largest absolute Gasteiger partial charge is 0.369 e. The van der Waals surface area contributed by atoms with E-state index in [2.05, 4.69) is 0 Å². The van der Waals surface area contributed by atoms with Crippen LogP contribution in [0.4, 0.5) is 0 Å². The van der Waals surface area contributed by atoms with E-state index in [9.17, 15) is 15.0 Å². The van der Waals surface area contributed by atoms with E-state index in [1.165, 1.54) is 13.8 Å². The zero-order valence-corrected chi connectivity index (χ0v) is 7.37. The minimum Gasteiger partial charge on any atom is -0.369 e. The maximum Gasteiger partial charge on any atom is 0.225 e. The summed E-state index contributed by atoms with van der Waals surface area (Å²) in [5.74, 6) is -0.944. The molecule has 0 aromatic rings. The molecule has 0 spiro atoms. The highest BCUT2D eigenvalue weighted by atomic mass is 16.3. The molecule has 0 aromatic heterocycles. The summed E-state index contributed by atoms with van der Waals surface area (Å²) in [6, 6.07) is 0. The standard InChI is InChI=1S/C7H16N2O3/c1-3-6(8,11)5(10)7(9,12)4-2/h11-12H,3-4,8-9H2,1-2H3. The first-order chi connectivity index (χ1) is 5.28. The first-order valence-electron chi connectivity index (χ1n) is 3.85. The van der Waals surface area contributed by atoms with E-state index in [-0.39, 0.29) is 12.8 Å². The topological polar surface area (TPSA) is 110 Å². The molecule has 0 aliphatic heterocycles. The predicted octanol–water partition coefficient (Wildman–Crippen LogP) is -1.33. The Balaban J connectivity index is 4.60. The monoisotopic (exact) mass is 176 g/mol. The summed E-state index contributed by atoms with van der Waals surface area (Å²) in [5.41, 5.74) is 6.32. The molecule has 2 atom stereocenters. The van der Waals surface area contributed by atoms with Crippen LogP contribution >= 0.6 is 0 Å². The first-order valence-corrected chi connectivity index (χ1v) is 3.85. The van der Waals surface area contributed by atoms with E-state index in [0.29, 0.717) is 0 Å². The van der Waals surface area contributed by atoms with Gasteiger partial charge in [-0.15, -0.1) is 0 Å². The van der Waals surface area contributed by atoms with Crippen molar-refractivity contribution in [1.29, 1.82) is 0 Å². The summed E-state index contributed by atoms with van der Waals surface area (Å²) in [6.45, 7) is 3.06. The van der Waals surface area contributed by atoms with E-state index < -0.39 is 17.2 Å². The number of Topliss-reactive ketones (excluding diaryl/α,β-unsaturated/α-hetero) is 1.